The van der Waals surface area contributed by atoms with E-state index < -0.39 is 17.3 Å². The molecule has 1 spiro atoms. The van der Waals surface area contributed by atoms with E-state index in [0.717, 1.165) is 5.56 Å². The number of allylic oxidation sites excluding steroid dienone is 1. The summed E-state index contributed by atoms with van der Waals surface area (Å²) < 4.78 is 16.6. The highest BCUT2D eigenvalue weighted by Gasteiger charge is 2.64. The van der Waals surface area contributed by atoms with Crippen LogP contribution in [0.15, 0.2) is 71.3 Å². The third-order valence-electron chi connectivity index (χ3n) is 7.20. The van der Waals surface area contributed by atoms with Gasteiger partial charge in [-0.1, -0.05) is 30.3 Å². The van der Waals surface area contributed by atoms with Gasteiger partial charge in [0.25, 0.3) is 0 Å². The summed E-state index contributed by atoms with van der Waals surface area (Å²) in [6.07, 6.45) is 0.515. The molecule has 0 aromatic heterocycles. The minimum absolute atomic E-state index is 0.0818. The van der Waals surface area contributed by atoms with Crippen LogP contribution in [0.5, 0.6) is 5.75 Å². The van der Waals surface area contributed by atoms with Gasteiger partial charge in [0, 0.05) is 30.6 Å². The number of carbonyl (C=O) groups is 3. The lowest BCUT2D eigenvalue weighted by molar-refractivity contribution is -0.141. The number of methoxy groups -OCH3 is 1. The fourth-order valence-corrected chi connectivity index (χ4v) is 5.70. The number of benzene rings is 2. The first-order valence-corrected chi connectivity index (χ1v) is 12.1. The van der Waals surface area contributed by atoms with Crippen LogP contribution in [0.2, 0.25) is 0 Å². The zero-order valence-corrected chi connectivity index (χ0v) is 20.5. The Balaban J connectivity index is 1.72. The fourth-order valence-electron chi connectivity index (χ4n) is 5.70. The minimum atomic E-state index is -1.71. The molecule has 1 amide bonds. The smallest absolute Gasteiger partial charge is 0.341 e. The number of hydrogen-bond acceptors (Lipinski definition) is 7. The number of anilines is 1. The summed E-state index contributed by atoms with van der Waals surface area (Å²) in [5.74, 6) is -0.780. The quantitative estimate of drug-likeness (QED) is 0.642. The number of hydrogen-bond donors (Lipinski definition) is 1. The monoisotopic (exact) mass is 488 g/mol. The van der Waals surface area contributed by atoms with Crippen LogP contribution in [0.1, 0.15) is 43.7 Å². The molecule has 0 saturated carbocycles. The molecule has 2 atom stereocenters. The van der Waals surface area contributed by atoms with Crippen LogP contribution in [0.25, 0.3) is 0 Å². The average molecular weight is 489 g/mol. The van der Waals surface area contributed by atoms with Gasteiger partial charge < -0.3 is 24.8 Å². The average Bonchev–Trinajstić information content (AvgIpc) is 3.11. The Morgan fingerprint density at radius 1 is 1.11 bits per heavy atom. The highest BCUT2D eigenvalue weighted by Crippen LogP contribution is 2.57. The Morgan fingerprint density at radius 3 is 2.50 bits per heavy atom. The summed E-state index contributed by atoms with van der Waals surface area (Å²) in [6.45, 7) is 3.96. The van der Waals surface area contributed by atoms with E-state index in [-0.39, 0.29) is 41.8 Å². The molecule has 8 heteroatoms. The molecule has 186 valence electrons. The van der Waals surface area contributed by atoms with Crippen LogP contribution in [0, 0.1) is 0 Å². The summed E-state index contributed by atoms with van der Waals surface area (Å²) in [5, 5.41) is 0. The first-order valence-electron chi connectivity index (χ1n) is 12.1. The van der Waals surface area contributed by atoms with E-state index in [0.29, 0.717) is 35.7 Å². The molecule has 0 radical (unpaired) electrons. The van der Waals surface area contributed by atoms with E-state index in [1.807, 2.05) is 43.3 Å². The molecule has 2 heterocycles. The van der Waals surface area contributed by atoms with Crippen LogP contribution < -0.4 is 15.4 Å². The SMILES string of the molecule is CCOC(=O)C1=C(N)OC2=C(C(=O)C[C@@H](c3ccc(OC)cc3)C2)[C@]12C(=O)N(CC)c1ccccc12. The first kappa shape index (κ1) is 23.7. The van der Waals surface area contributed by atoms with E-state index in [1.54, 1.807) is 31.1 Å². The predicted octanol–water partition coefficient (Wildman–Crippen LogP) is 3.46. The number of Topliss-reactive ketones (excluding diaryl/α,β-unsaturated/α-hetero) is 1. The zero-order chi connectivity index (χ0) is 25.6. The number of esters is 1. The second kappa shape index (κ2) is 8.86. The van der Waals surface area contributed by atoms with Crippen LogP contribution in [0.4, 0.5) is 5.69 Å². The van der Waals surface area contributed by atoms with E-state index in [4.69, 9.17) is 19.9 Å². The van der Waals surface area contributed by atoms with Crippen molar-refractivity contribution < 1.29 is 28.6 Å². The maximum Gasteiger partial charge on any atom is 0.341 e. The van der Waals surface area contributed by atoms with Gasteiger partial charge in [0.15, 0.2) is 5.78 Å². The predicted molar refractivity (Wildman–Crippen MR) is 132 cm³/mol. The Morgan fingerprint density at radius 2 is 1.83 bits per heavy atom. The molecule has 5 rings (SSSR count). The lowest BCUT2D eigenvalue weighted by Gasteiger charge is -2.40. The molecule has 0 unspecified atom stereocenters. The third kappa shape index (κ3) is 3.24. The number of likely N-dealkylation sites (N-methyl/N-ethyl adjacent to an activating group) is 1. The standard InChI is InChI=1S/C28H28N2O6/c1-4-30-20-9-7-6-8-19(20)28(27(30)33)23-21(31)14-17(16-10-12-18(34-3)13-11-16)15-22(23)36-25(29)24(28)26(32)35-5-2/h6-13,17H,4-5,14-15,29H2,1-3H3/t17-,28+/m1/s1. The van der Waals surface area contributed by atoms with Crippen LogP contribution >= 0.6 is 0 Å². The van der Waals surface area contributed by atoms with Gasteiger partial charge in [-0.3, -0.25) is 9.59 Å². The molecule has 0 bridgehead atoms. The van der Waals surface area contributed by atoms with Crippen molar-refractivity contribution in [2.24, 2.45) is 5.73 Å². The van der Waals surface area contributed by atoms with Gasteiger partial charge in [-0.25, -0.2) is 4.79 Å². The lowest BCUT2D eigenvalue weighted by atomic mass is 9.63. The van der Waals surface area contributed by atoms with E-state index in [9.17, 15) is 14.4 Å². The summed E-state index contributed by atoms with van der Waals surface area (Å²) in [7, 11) is 1.60. The van der Waals surface area contributed by atoms with Gasteiger partial charge >= 0.3 is 5.97 Å². The van der Waals surface area contributed by atoms with Crippen LogP contribution in [-0.4, -0.2) is 37.9 Å². The first-order chi connectivity index (χ1) is 17.4. The van der Waals surface area contributed by atoms with E-state index in [2.05, 4.69) is 0 Å². The van der Waals surface area contributed by atoms with Crippen molar-refractivity contribution in [2.45, 2.75) is 38.0 Å². The second-order valence-electron chi connectivity index (χ2n) is 8.98. The molecule has 0 saturated heterocycles. The van der Waals surface area contributed by atoms with Gasteiger partial charge in [0.05, 0.1) is 19.3 Å². The van der Waals surface area contributed by atoms with Crippen molar-refractivity contribution in [2.75, 3.05) is 25.2 Å². The Bertz CT molecular complexity index is 1330. The number of fused-ring (bicyclic) bond motifs is 3. The topological polar surface area (TPSA) is 108 Å². The normalized spacial score (nSPS) is 23.0. The lowest BCUT2D eigenvalue weighted by Crippen LogP contribution is -2.51. The third-order valence-corrected chi connectivity index (χ3v) is 7.20. The largest absolute Gasteiger partial charge is 0.497 e. The number of ketones is 1. The summed E-state index contributed by atoms with van der Waals surface area (Å²) in [4.78, 5) is 43.0. The van der Waals surface area contributed by atoms with E-state index in [1.165, 1.54) is 0 Å². The highest BCUT2D eigenvalue weighted by atomic mass is 16.5. The number of rotatable bonds is 5. The van der Waals surface area contributed by atoms with Gasteiger partial charge in [0.1, 0.15) is 22.5 Å². The van der Waals surface area contributed by atoms with Gasteiger partial charge in [-0.05, 0) is 43.5 Å². The highest BCUT2D eigenvalue weighted by molar-refractivity contribution is 6.23. The Hall–Kier alpha value is -4.07. The molecule has 3 aliphatic rings. The maximum absolute atomic E-state index is 14.2. The number of carbonyl (C=O) groups excluding carboxylic acids is 3. The van der Waals surface area contributed by atoms with Gasteiger partial charge in [0.2, 0.25) is 11.8 Å². The van der Waals surface area contributed by atoms with Crippen molar-refractivity contribution >= 4 is 23.3 Å². The summed E-state index contributed by atoms with van der Waals surface area (Å²) in [6, 6.07) is 14.7. The van der Waals surface area contributed by atoms with Crippen molar-refractivity contribution in [3.63, 3.8) is 0 Å². The summed E-state index contributed by atoms with van der Waals surface area (Å²) >= 11 is 0. The van der Waals surface area contributed by atoms with Crippen molar-refractivity contribution in [3.8, 4) is 5.75 Å². The number of ether oxygens (including phenoxy) is 3. The Kier molecular flexibility index (Phi) is 5.82. The molecule has 1 aliphatic carbocycles. The van der Waals surface area contributed by atoms with Crippen molar-refractivity contribution in [1.29, 1.82) is 0 Å². The van der Waals surface area contributed by atoms with Crippen molar-refractivity contribution in [3.05, 3.63) is 82.4 Å². The number of amides is 1. The van der Waals surface area contributed by atoms with Crippen LogP contribution in [-0.2, 0) is 29.3 Å². The molecule has 36 heavy (non-hydrogen) atoms. The Labute approximate surface area is 209 Å². The molecular formula is C28H28N2O6. The zero-order valence-electron chi connectivity index (χ0n) is 20.5. The fraction of sp³-hybridized carbons (Fsp3) is 0.321. The van der Waals surface area contributed by atoms with E-state index >= 15 is 0 Å². The molecule has 2 aromatic carbocycles. The van der Waals surface area contributed by atoms with Crippen molar-refractivity contribution in [1.82, 2.24) is 0 Å². The minimum Gasteiger partial charge on any atom is -0.497 e. The molecule has 2 aromatic rings. The number of nitrogens with zero attached hydrogens (tertiary/aromatic N) is 1. The molecule has 2 N–H and O–H groups in total. The molecule has 2 aliphatic heterocycles. The number of nitrogens with two attached hydrogens (primary N) is 1. The maximum atomic E-state index is 14.2. The van der Waals surface area contributed by atoms with Gasteiger partial charge in [-0.2, -0.15) is 0 Å². The molecular weight excluding hydrogens is 460 g/mol. The molecule has 8 nitrogen and oxygen atoms in total. The molecule has 0 fully saturated rings. The van der Waals surface area contributed by atoms with Gasteiger partial charge in [-0.15, -0.1) is 0 Å². The second-order valence-corrected chi connectivity index (χ2v) is 8.98. The van der Waals surface area contributed by atoms with Crippen LogP contribution in [0.3, 0.4) is 0 Å². The summed E-state index contributed by atoms with van der Waals surface area (Å²) in [5.41, 5.74) is 6.83. The number of para-hydroxylation sites is 1.